The number of anilines is 1. The quantitative estimate of drug-likeness (QED) is 0.568. The van der Waals surface area contributed by atoms with E-state index in [0.717, 1.165) is 18.5 Å². The molecule has 0 heterocycles. The van der Waals surface area contributed by atoms with Crippen LogP contribution in [0.3, 0.4) is 0 Å². The van der Waals surface area contributed by atoms with Crippen LogP contribution in [0.1, 0.15) is 48.9 Å². The number of nitrogens with zero attached hydrogens (tertiary/aromatic N) is 1. The Hall–Kier alpha value is -2.12. The van der Waals surface area contributed by atoms with Crippen molar-refractivity contribution < 1.29 is 14.7 Å². The topological polar surface area (TPSA) is 108 Å². The van der Waals surface area contributed by atoms with Gasteiger partial charge >= 0.3 is 0 Å². The third-order valence-electron chi connectivity index (χ3n) is 4.93. The van der Waals surface area contributed by atoms with Crippen LogP contribution < -0.4 is 21.5 Å². The van der Waals surface area contributed by atoms with Gasteiger partial charge in [0.05, 0.1) is 0 Å². The van der Waals surface area contributed by atoms with Crippen LogP contribution in [0.4, 0.5) is 5.69 Å². The number of amides is 2. The highest BCUT2D eigenvalue weighted by Gasteiger charge is 2.26. The highest BCUT2D eigenvalue weighted by atomic mass is 16.3. The number of hydrogen-bond acceptors (Lipinski definition) is 5. The van der Waals surface area contributed by atoms with Crippen molar-refractivity contribution in [1.82, 2.24) is 10.9 Å². The summed E-state index contributed by atoms with van der Waals surface area (Å²) in [5.74, 6) is -0.676. The second-order valence-electron chi connectivity index (χ2n) is 7.24. The molecule has 1 unspecified atom stereocenters. The van der Waals surface area contributed by atoms with E-state index in [1.54, 1.807) is 18.2 Å². The van der Waals surface area contributed by atoms with Gasteiger partial charge in [0.15, 0.2) is 0 Å². The zero-order valence-corrected chi connectivity index (χ0v) is 15.6. The maximum absolute atomic E-state index is 12.2. The molecule has 0 spiro atoms. The van der Waals surface area contributed by atoms with Crippen molar-refractivity contribution in [3.63, 3.8) is 0 Å². The highest BCUT2D eigenvalue weighted by molar-refractivity contribution is 5.96. The van der Waals surface area contributed by atoms with E-state index >= 15 is 0 Å². The van der Waals surface area contributed by atoms with Crippen molar-refractivity contribution in [2.75, 3.05) is 19.0 Å². The molecule has 1 aliphatic rings. The molecule has 1 fully saturated rings. The van der Waals surface area contributed by atoms with Crippen molar-refractivity contribution in [3.8, 4) is 0 Å². The van der Waals surface area contributed by atoms with Gasteiger partial charge in [0.1, 0.15) is 6.10 Å². The highest BCUT2D eigenvalue weighted by Crippen LogP contribution is 2.27. The molecule has 26 heavy (non-hydrogen) atoms. The minimum absolute atomic E-state index is 0.414. The first-order valence-electron chi connectivity index (χ1n) is 9.19. The molecular formula is C19H30N4O3. The Labute approximate surface area is 154 Å². The monoisotopic (exact) mass is 362 g/mol. The standard InChI is InChI=1S/C19H30N4O3/c1-23(2)15-10-6-9-14(12-15)18(25)21-22-19(26)17(24)16(20)11-13-7-4-3-5-8-13/h6,9-10,12-13,16-17,24H,3-5,7-8,11,20H2,1-2H3,(H,21,25)(H,22,26)/t16-,17?/m1/s1. The minimum atomic E-state index is -1.34. The Morgan fingerprint density at radius 1 is 1.23 bits per heavy atom. The maximum Gasteiger partial charge on any atom is 0.269 e. The van der Waals surface area contributed by atoms with Gasteiger partial charge in [0, 0.05) is 31.4 Å². The smallest absolute Gasteiger partial charge is 0.269 e. The number of hydrazine groups is 1. The number of aliphatic hydroxyl groups excluding tert-OH is 1. The fourth-order valence-corrected chi connectivity index (χ4v) is 3.32. The van der Waals surface area contributed by atoms with Crippen molar-refractivity contribution in [2.45, 2.75) is 50.7 Å². The van der Waals surface area contributed by atoms with Crippen LogP contribution in [-0.2, 0) is 4.79 Å². The average Bonchev–Trinajstić information content (AvgIpc) is 2.66. The van der Waals surface area contributed by atoms with Gasteiger partial charge in [-0.15, -0.1) is 0 Å². The number of nitrogens with two attached hydrogens (primary N) is 1. The van der Waals surface area contributed by atoms with E-state index in [-0.39, 0.29) is 0 Å². The third kappa shape index (κ3) is 5.71. The van der Waals surface area contributed by atoms with E-state index in [2.05, 4.69) is 10.9 Å². The van der Waals surface area contributed by atoms with Gasteiger partial charge in [0.2, 0.25) is 0 Å². The largest absolute Gasteiger partial charge is 0.382 e. The van der Waals surface area contributed by atoms with E-state index in [4.69, 9.17) is 5.73 Å². The zero-order valence-electron chi connectivity index (χ0n) is 15.6. The lowest BCUT2D eigenvalue weighted by molar-refractivity contribution is -0.131. The van der Waals surface area contributed by atoms with E-state index in [1.807, 2.05) is 25.1 Å². The first-order valence-corrected chi connectivity index (χ1v) is 9.19. The summed E-state index contributed by atoms with van der Waals surface area (Å²) >= 11 is 0. The molecule has 0 saturated heterocycles. The Bertz CT molecular complexity index is 615. The van der Waals surface area contributed by atoms with Gasteiger partial charge in [-0.2, -0.15) is 0 Å². The molecule has 7 nitrogen and oxygen atoms in total. The zero-order chi connectivity index (χ0) is 19.1. The molecule has 7 heteroatoms. The first kappa shape index (κ1) is 20.2. The predicted molar refractivity (Wildman–Crippen MR) is 102 cm³/mol. The molecule has 0 bridgehead atoms. The van der Waals surface area contributed by atoms with Gasteiger partial charge in [-0.3, -0.25) is 20.4 Å². The molecular weight excluding hydrogens is 332 g/mol. The lowest BCUT2D eigenvalue weighted by Crippen LogP contribution is -2.52. The van der Waals surface area contributed by atoms with Crippen molar-refractivity contribution in [2.24, 2.45) is 11.7 Å². The van der Waals surface area contributed by atoms with Crippen LogP contribution in [0.25, 0.3) is 0 Å². The second-order valence-corrected chi connectivity index (χ2v) is 7.24. The molecule has 1 saturated carbocycles. The summed E-state index contributed by atoms with van der Waals surface area (Å²) in [5.41, 5.74) is 11.9. The summed E-state index contributed by atoms with van der Waals surface area (Å²) in [5, 5.41) is 10.1. The van der Waals surface area contributed by atoms with Crippen LogP contribution in [0.2, 0.25) is 0 Å². The van der Waals surface area contributed by atoms with Crippen molar-refractivity contribution >= 4 is 17.5 Å². The van der Waals surface area contributed by atoms with E-state index in [9.17, 15) is 14.7 Å². The Balaban J connectivity index is 1.82. The minimum Gasteiger partial charge on any atom is -0.382 e. The Morgan fingerprint density at radius 2 is 1.92 bits per heavy atom. The molecule has 0 aromatic heterocycles. The normalized spacial score (nSPS) is 17.2. The van der Waals surface area contributed by atoms with Gasteiger partial charge in [-0.1, -0.05) is 38.2 Å². The number of carbonyl (C=O) groups excluding carboxylic acids is 2. The van der Waals surface area contributed by atoms with Gasteiger partial charge in [-0.25, -0.2) is 0 Å². The molecule has 2 amide bonds. The molecule has 2 rings (SSSR count). The lowest BCUT2D eigenvalue weighted by Gasteiger charge is -2.26. The SMILES string of the molecule is CN(C)c1cccc(C(=O)NNC(=O)C(O)[C@H](N)CC2CCCCC2)c1. The average molecular weight is 362 g/mol. The number of rotatable bonds is 6. The van der Waals surface area contributed by atoms with Gasteiger partial charge < -0.3 is 15.7 Å². The fourth-order valence-electron chi connectivity index (χ4n) is 3.32. The lowest BCUT2D eigenvalue weighted by atomic mass is 9.84. The summed E-state index contributed by atoms with van der Waals surface area (Å²) in [6.07, 6.45) is 5.08. The summed E-state index contributed by atoms with van der Waals surface area (Å²) in [6.45, 7) is 0. The Morgan fingerprint density at radius 3 is 2.58 bits per heavy atom. The van der Waals surface area contributed by atoms with E-state index in [0.29, 0.717) is 17.9 Å². The molecule has 0 radical (unpaired) electrons. The number of benzene rings is 1. The molecule has 1 aromatic rings. The van der Waals surface area contributed by atoms with Gasteiger partial charge in [-0.05, 0) is 30.5 Å². The molecule has 5 N–H and O–H groups in total. The number of hydrogen-bond donors (Lipinski definition) is 4. The number of aliphatic hydroxyl groups is 1. The fraction of sp³-hybridized carbons (Fsp3) is 0.579. The van der Waals surface area contributed by atoms with Crippen LogP contribution in [0.15, 0.2) is 24.3 Å². The number of carbonyl (C=O) groups is 2. The first-order chi connectivity index (χ1) is 12.4. The summed E-state index contributed by atoms with van der Waals surface area (Å²) in [4.78, 5) is 26.1. The molecule has 1 aromatic carbocycles. The molecule has 1 aliphatic carbocycles. The van der Waals surface area contributed by atoms with E-state index < -0.39 is 24.0 Å². The van der Waals surface area contributed by atoms with Crippen LogP contribution >= 0.6 is 0 Å². The van der Waals surface area contributed by atoms with Crippen LogP contribution in [-0.4, -0.2) is 43.2 Å². The summed E-state index contributed by atoms with van der Waals surface area (Å²) < 4.78 is 0. The summed E-state index contributed by atoms with van der Waals surface area (Å²) in [6, 6.07) is 6.38. The molecule has 2 atom stereocenters. The van der Waals surface area contributed by atoms with Crippen LogP contribution in [0.5, 0.6) is 0 Å². The van der Waals surface area contributed by atoms with Gasteiger partial charge in [0.25, 0.3) is 11.8 Å². The van der Waals surface area contributed by atoms with Crippen molar-refractivity contribution in [3.05, 3.63) is 29.8 Å². The predicted octanol–water partition coefficient (Wildman–Crippen LogP) is 1.17. The van der Waals surface area contributed by atoms with Crippen molar-refractivity contribution in [1.29, 1.82) is 0 Å². The van der Waals surface area contributed by atoms with Crippen LogP contribution in [0, 0.1) is 5.92 Å². The third-order valence-corrected chi connectivity index (χ3v) is 4.93. The maximum atomic E-state index is 12.2. The van der Waals surface area contributed by atoms with E-state index in [1.165, 1.54) is 19.3 Å². The molecule has 0 aliphatic heterocycles. The second kappa shape index (κ2) is 9.54. The summed E-state index contributed by atoms with van der Waals surface area (Å²) in [7, 11) is 3.76. The number of nitrogens with one attached hydrogen (secondary N) is 2. The molecule has 144 valence electrons. The Kier molecular flexibility index (Phi) is 7.41.